The number of aliphatic hydroxyl groups is 5. The molecule has 0 aliphatic carbocycles. The van der Waals surface area contributed by atoms with E-state index in [0.717, 1.165) is 61.9 Å². The van der Waals surface area contributed by atoms with E-state index < -0.39 is 71.7 Å². The molecule has 2 unspecified atom stereocenters. The van der Waals surface area contributed by atoms with Crippen LogP contribution in [-0.4, -0.2) is 135 Å². The summed E-state index contributed by atoms with van der Waals surface area (Å²) in [6, 6.07) is 0. The van der Waals surface area contributed by atoms with E-state index in [2.05, 4.69) is 40.0 Å². The molecular weight excluding hydrogens is 861 g/mol. The maximum Gasteiger partial charge on any atom is 0.338 e. The van der Waals surface area contributed by atoms with Crippen LogP contribution in [0.3, 0.4) is 0 Å². The van der Waals surface area contributed by atoms with Crippen LogP contribution in [0.5, 0.6) is 0 Å². The highest BCUT2D eigenvalue weighted by Gasteiger charge is 2.55. The molecule has 7 aliphatic heterocycles. The van der Waals surface area contributed by atoms with Gasteiger partial charge in [-0.25, -0.2) is 4.79 Å². The summed E-state index contributed by atoms with van der Waals surface area (Å²) in [4.78, 5) is 13.1. The van der Waals surface area contributed by atoms with Crippen LogP contribution in [0.2, 0.25) is 0 Å². The number of ether oxygens (including phenoxy) is 8. The first-order valence-corrected chi connectivity index (χ1v) is 25.4. The maximum absolute atomic E-state index is 13.1. The number of fused-ring (bicyclic) bond motifs is 1. The van der Waals surface area contributed by atoms with E-state index in [9.17, 15) is 25.2 Å². The summed E-state index contributed by atoms with van der Waals surface area (Å²) in [6.45, 7) is 20.3. The number of allylic oxidation sites excluding steroid dienone is 1. The van der Waals surface area contributed by atoms with Gasteiger partial charge in [-0.15, -0.1) is 0 Å². The molecule has 14 heteroatoms. The third-order valence-electron chi connectivity index (χ3n) is 15.6. The second-order valence-corrected chi connectivity index (χ2v) is 21.6. The van der Waals surface area contributed by atoms with E-state index in [1.165, 1.54) is 6.92 Å². The van der Waals surface area contributed by atoms with Crippen LogP contribution < -0.4 is 0 Å². The molecule has 6 saturated heterocycles. The van der Waals surface area contributed by atoms with Gasteiger partial charge in [0, 0.05) is 38.0 Å². The summed E-state index contributed by atoms with van der Waals surface area (Å²) in [7, 11) is 0. The molecule has 6 fully saturated rings. The molecule has 0 bridgehead atoms. The lowest BCUT2D eigenvalue weighted by Gasteiger charge is -2.50. The Bertz CT molecular complexity index is 1820. The van der Waals surface area contributed by atoms with Crippen LogP contribution in [-0.2, 0) is 42.7 Å². The Kier molecular flexibility index (Phi) is 17.2. The molecule has 17 atom stereocenters. The molecule has 3 spiro atoms. The number of esters is 1. The molecule has 0 amide bonds. The topological polar surface area (TPSA) is 192 Å². The summed E-state index contributed by atoms with van der Waals surface area (Å²) in [5.74, 6) is -3.30. The summed E-state index contributed by atoms with van der Waals surface area (Å²) in [6.07, 6.45) is 12.7. The van der Waals surface area contributed by atoms with Crippen molar-refractivity contribution < 1.29 is 68.2 Å². The van der Waals surface area contributed by atoms with E-state index in [0.29, 0.717) is 69.3 Å². The first-order chi connectivity index (χ1) is 31.8. The van der Waals surface area contributed by atoms with Crippen molar-refractivity contribution in [2.24, 2.45) is 17.8 Å². The van der Waals surface area contributed by atoms with Gasteiger partial charge >= 0.3 is 5.97 Å². The van der Waals surface area contributed by atoms with E-state index in [4.69, 9.17) is 43.0 Å². The molecule has 14 nitrogen and oxygen atoms in total. The van der Waals surface area contributed by atoms with Gasteiger partial charge in [-0.3, -0.25) is 0 Å². The zero-order valence-electron chi connectivity index (χ0n) is 41.1. The Balaban J connectivity index is 0.891. The molecule has 0 saturated carbocycles. The highest BCUT2D eigenvalue weighted by molar-refractivity contribution is 5.78. The summed E-state index contributed by atoms with van der Waals surface area (Å²) >= 11 is 0. The predicted molar refractivity (Wildman–Crippen MR) is 250 cm³/mol. The van der Waals surface area contributed by atoms with Crippen LogP contribution >= 0.6 is 0 Å². The SMILES string of the molecule is C=C(CO)CC/C=C(\C)COC(=O)[C@](C)(O)CC1CC[C@@H](O)[C@]2(C=C(C)C[C@@H]([C@H](C)/C=C/[C@H]3CC[C@@]4(CC[C@H]5O[C@H]([C@@H](O)C[C@H](C)C6O[C@@]7(CCCCO7)CC[C@H]6C)C(=C)[C@@H](O)[C@@H]5O4)O3)O2)O1. The summed E-state index contributed by atoms with van der Waals surface area (Å²) in [5, 5.41) is 55.0. The second kappa shape index (κ2) is 22.0. The fourth-order valence-corrected chi connectivity index (χ4v) is 11.5. The molecule has 7 aliphatic rings. The lowest BCUT2D eigenvalue weighted by molar-refractivity contribution is -0.321. The average Bonchev–Trinajstić information content (AvgIpc) is 3.69. The minimum atomic E-state index is -1.83. The summed E-state index contributed by atoms with van der Waals surface area (Å²) in [5.41, 5.74) is 1.14. The van der Waals surface area contributed by atoms with E-state index in [-0.39, 0.29) is 49.8 Å². The lowest BCUT2D eigenvalue weighted by Crippen LogP contribution is -2.60. The number of carbonyl (C=O) groups is 1. The third kappa shape index (κ3) is 12.4. The maximum atomic E-state index is 13.1. The Morgan fingerprint density at radius 2 is 1.78 bits per heavy atom. The summed E-state index contributed by atoms with van der Waals surface area (Å²) < 4.78 is 51.2. The lowest BCUT2D eigenvalue weighted by atomic mass is 9.79. The van der Waals surface area contributed by atoms with Crippen molar-refractivity contribution in [1.29, 1.82) is 0 Å². The van der Waals surface area contributed by atoms with Crippen molar-refractivity contribution in [2.45, 2.75) is 228 Å². The van der Waals surface area contributed by atoms with Gasteiger partial charge in [-0.1, -0.05) is 63.3 Å². The monoisotopic (exact) mass is 943 g/mol. The number of aliphatic hydroxyl groups excluding tert-OH is 4. The smallest absolute Gasteiger partial charge is 0.338 e. The van der Waals surface area contributed by atoms with Crippen molar-refractivity contribution in [1.82, 2.24) is 0 Å². The van der Waals surface area contributed by atoms with Gasteiger partial charge < -0.3 is 63.4 Å². The quantitative estimate of drug-likeness (QED) is 0.0789. The average molecular weight is 943 g/mol. The van der Waals surface area contributed by atoms with Crippen molar-refractivity contribution in [3.63, 3.8) is 0 Å². The van der Waals surface area contributed by atoms with Crippen molar-refractivity contribution >= 4 is 5.97 Å². The Morgan fingerprint density at radius 1 is 1.01 bits per heavy atom. The van der Waals surface area contributed by atoms with Crippen LogP contribution in [0.4, 0.5) is 0 Å². The third-order valence-corrected chi connectivity index (χ3v) is 15.6. The van der Waals surface area contributed by atoms with Gasteiger partial charge in [0.15, 0.2) is 17.2 Å². The van der Waals surface area contributed by atoms with Gasteiger partial charge in [0.25, 0.3) is 0 Å². The first-order valence-electron chi connectivity index (χ1n) is 25.4. The molecule has 0 aromatic heterocycles. The minimum absolute atomic E-state index is 0.0300. The molecule has 378 valence electrons. The molecule has 0 aromatic carbocycles. The molecule has 5 N–H and O–H groups in total. The molecule has 67 heavy (non-hydrogen) atoms. The van der Waals surface area contributed by atoms with Crippen molar-refractivity contribution in [3.05, 3.63) is 59.8 Å². The molecular formula is C53H82O14. The number of rotatable bonds is 16. The van der Waals surface area contributed by atoms with Gasteiger partial charge in [-0.05, 0) is 120 Å². The van der Waals surface area contributed by atoms with Crippen LogP contribution in [0, 0.1) is 17.8 Å². The molecule has 0 aromatic rings. The fraction of sp³-hybridized carbons (Fsp3) is 0.792. The van der Waals surface area contributed by atoms with Crippen molar-refractivity contribution in [3.8, 4) is 0 Å². The van der Waals surface area contributed by atoms with E-state index in [1.54, 1.807) is 0 Å². The standard InChI is InChI=1S/C53H82O14/c1-32(30-54)12-11-13-33(2)31-60-49(58)50(8,59)29-40-16-17-44(56)53(64-40)28-34(3)26-43(65-53)35(4)14-15-39-19-23-52(63-39)24-20-42-48(67-52)45(57)38(7)47(62-42)41(55)27-37(6)46-36(5)18-22-51(66-46)21-9-10-25-61-51/h13-15,28,35-37,39-48,54-57,59H,1,7,9-12,16-27,29-31H2,2-6,8H3/b15-14+,33-13+/t35-,36-,37+,39+,40?,41+,42-,43+,44-,45-,46?,47+,48-,50-,51+,52-,53-/m1/s1. The zero-order valence-corrected chi connectivity index (χ0v) is 41.1. The van der Waals surface area contributed by atoms with Crippen molar-refractivity contribution in [2.75, 3.05) is 19.8 Å². The number of carbonyl (C=O) groups excluding carboxylic acids is 1. The Morgan fingerprint density at radius 3 is 2.52 bits per heavy atom. The van der Waals surface area contributed by atoms with Gasteiger partial charge in [-0.2, -0.15) is 0 Å². The van der Waals surface area contributed by atoms with E-state index >= 15 is 0 Å². The highest BCUT2D eigenvalue weighted by Crippen LogP contribution is 2.47. The number of hydrogen-bond acceptors (Lipinski definition) is 14. The molecule has 0 radical (unpaired) electrons. The van der Waals surface area contributed by atoms with Crippen LogP contribution in [0.15, 0.2) is 59.8 Å². The minimum Gasteiger partial charge on any atom is -0.459 e. The fourth-order valence-electron chi connectivity index (χ4n) is 11.5. The normalized spacial score (nSPS) is 40.6. The second-order valence-electron chi connectivity index (χ2n) is 21.6. The van der Waals surface area contributed by atoms with Gasteiger partial charge in [0.1, 0.15) is 31.0 Å². The zero-order chi connectivity index (χ0) is 48.3. The van der Waals surface area contributed by atoms with Gasteiger partial charge in [0.2, 0.25) is 5.79 Å². The Hall–Kier alpha value is -2.31. The number of hydrogen-bond donors (Lipinski definition) is 5. The highest BCUT2D eigenvalue weighted by atomic mass is 16.7. The van der Waals surface area contributed by atoms with Crippen LogP contribution in [0.25, 0.3) is 0 Å². The predicted octanol–water partition coefficient (Wildman–Crippen LogP) is 6.95. The molecule has 7 heterocycles. The largest absolute Gasteiger partial charge is 0.459 e. The first kappa shape index (κ1) is 52.5. The Labute approximate surface area is 398 Å². The van der Waals surface area contributed by atoms with Gasteiger partial charge in [0.05, 0.1) is 49.8 Å². The van der Waals surface area contributed by atoms with E-state index in [1.807, 2.05) is 32.1 Å². The molecule has 7 rings (SSSR count). The van der Waals surface area contributed by atoms with Crippen LogP contribution in [0.1, 0.15) is 144 Å².